The van der Waals surface area contributed by atoms with Crippen molar-refractivity contribution in [3.8, 4) is 34.4 Å². The molecule has 294 valence electrons. The molecule has 4 aromatic rings. The van der Waals surface area contributed by atoms with E-state index in [1.54, 1.807) is 18.1 Å². The van der Waals surface area contributed by atoms with Crippen molar-refractivity contribution >= 4 is 32.1 Å². The first-order valence-corrected chi connectivity index (χ1v) is 20.3. The molecule has 0 radical (unpaired) electrons. The first-order chi connectivity index (χ1) is 27.0. The van der Waals surface area contributed by atoms with E-state index in [-0.39, 0.29) is 55.6 Å². The predicted octanol–water partition coefficient (Wildman–Crippen LogP) is 6.62. The summed E-state index contributed by atoms with van der Waals surface area (Å²) in [6, 6.07) is 14.9. The van der Waals surface area contributed by atoms with Crippen LogP contribution in [0.5, 0.6) is 0 Å². The molecule has 2 fully saturated rings. The number of methoxy groups -OCH3 is 1. The van der Waals surface area contributed by atoms with Crippen LogP contribution in [0.15, 0.2) is 60.9 Å². The highest BCUT2D eigenvalue weighted by Crippen LogP contribution is 2.37. The van der Waals surface area contributed by atoms with Crippen molar-refractivity contribution < 1.29 is 23.9 Å². The highest BCUT2D eigenvalue weighted by Gasteiger charge is 2.39. The number of benzene rings is 2. The number of likely N-dealkylation sites (tertiary alicyclic amines) is 2. The second-order valence-electron chi connectivity index (χ2n) is 15.0. The van der Waals surface area contributed by atoms with E-state index in [2.05, 4.69) is 42.4 Å². The smallest absolute Gasteiger partial charge is 0.407 e. The summed E-state index contributed by atoms with van der Waals surface area (Å²) in [4.78, 5) is 71.0. The summed E-state index contributed by atoms with van der Waals surface area (Å²) in [5.74, 6) is 7.81. The Morgan fingerprint density at radius 3 is 1.68 bits per heavy atom. The maximum absolute atomic E-state index is 13.6. The van der Waals surface area contributed by atoms with Gasteiger partial charge in [-0.05, 0) is 81.5 Å². The van der Waals surface area contributed by atoms with Crippen LogP contribution in [0.4, 0.5) is 9.59 Å². The van der Waals surface area contributed by atoms with E-state index >= 15 is 0 Å². The Bertz CT molecular complexity index is 1940. The molecule has 13 nitrogen and oxygen atoms in total. The molecule has 1 unspecified atom stereocenters. The number of H-pyrrole nitrogens is 2. The second-order valence-corrected chi connectivity index (χ2v) is 16.3. The predicted molar refractivity (Wildman–Crippen MR) is 217 cm³/mol. The molecule has 2 aromatic carbocycles. The molecule has 2 saturated heterocycles. The number of aromatic amines is 2. The molecule has 0 aliphatic carbocycles. The Morgan fingerprint density at radius 2 is 1.25 bits per heavy atom. The first-order valence-electron chi connectivity index (χ1n) is 19.2. The highest BCUT2D eigenvalue weighted by molar-refractivity contribution is 7.59. The third-order valence-electron chi connectivity index (χ3n) is 10.5. The van der Waals surface area contributed by atoms with Gasteiger partial charge in [-0.3, -0.25) is 14.4 Å². The van der Waals surface area contributed by atoms with E-state index in [1.807, 2.05) is 87.3 Å². The lowest BCUT2D eigenvalue weighted by atomic mass is 10.0. The molecule has 5 atom stereocenters. The van der Waals surface area contributed by atoms with Crippen LogP contribution in [0.25, 0.3) is 22.5 Å². The van der Waals surface area contributed by atoms with E-state index in [9.17, 15) is 19.2 Å². The lowest BCUT2D eigenvalue weighted by Crippen LogP contribution is -2.51. The number of ether oxygens (including phenoxy) is 1. The minimum absolute atomic E-state index is 0.0178. The SMILES string of the molecule is CNC(=O)P[C@H](C(=O)N1CCC[C@H]1c1ncc(-c2ccc(C#Cc3ccc(-c4cnc([C@@H]5CCCN5C(=O)[C@@H](NC(=O)OC)C(C)C)[nH]4)cc3)cc2)[nH]1)C(C)C. The van der Waals surface area contributed by atoms with Crippen LogP contribution in [0.2, 0.25) is 0 Å². The summed E-state index contributed by atoms with van der Waals surface area (Å²) >= 11 is 0. The number of alkyl carbamates (subject to hydrolysis) is 1. The van der Waals surface area contributed by atoms with Crippen molar-refractivity contribution in [1.82, 2.24) is 40.4 Å². The van der Waals surface area contributed by atoms with Gasteiger partial charge in [-0.1, -0.05) is 63.8 Å². The fourth-order valence-electron chi connectivity index (χ4n) is 7.33. The summed E-state index contributed by atoms with van der Waals surface area (Å²) < 4.78 is 4.75. The van der Waals surface area contributed by atoms with Gasteiger partial charge in [0.2, 0.25) is 17.5 Å². The Labute approximate surface area is 330 Å². The van der Waals surface area contributed by atoms with Gasteiger partial charge in [0, 0.05) is 31.3 Å². The normalized spacial score (nSPS) is 17.9. The Balaban J connectivity index is 1.08. The van der Waals surface area contributed by atoms with Gasteiger partial charge >= 0.3 is 6.09 Å². The maximum atomic E-state index is 13.6. The van der Waals surface area contributed by atoms with Crippen LogP contribution >= 0.6 is 8.58 Å². The van der Waals surface area contributed by atoms with Crippen molar-refractivity contribution in [2.75, 3.05) is 27.2 Å². The van der Waals surface area contributed by atoms with Gasteiger partial charge in [0.15, 0.2) is 0 Å². The van der Waals surface area contributed by atoms with Crippen molar-refractivity contribution in [1.29, 1.82) is 0 Å². The van der Waals surface area contributed by atoms with Crippen LogP contribution < -0.4 is 10.6 Å². The molecule has 4 N–H and O–H groups in total. The van der Waals surface area contributed by atoms with Crippen molar-refractivity contribution in [3.05, 3.63) is 83.7 Å². The van der Waals surface area contributed by atoms with Gasteiger partial charge in [0.05, 0.1) is 48.6 Å². The molecule has 4 heterocycles. The zero-order valence-corrected chi connectivity index (χ0v) is 33.8. The van der Waals surface area contributed by atoms with Crippen LogP contribution in [0.3, 0.4) is 0 Å². The highest BCUT2D eigenvalue weighted by atomic mass is 31.1. The van der Waals surface area contributed by atoms with Crippen LogP contribution in [-0.2, 0) is 14.3 Å². The molecule has 0 bridgehead atoms. The Kier molecular flexibility index (Phi) is 12.9. The van der Waals surface area contributed by atoms with Gasteiger partial charge in [-0.25, -0.2) is 14.8 Å². The maximum Gasteiger partial charge on any atom is 0.407 e. The zero-order valence-electron chi connectivity index (χ0n) is 32.8. The molecule has 4 amide bonds. The molecule has 6 rings (SSSR count). The minimum Gasteiger partial charge on any atom is -0.453 e. The van der Waals surface area contributed by atoms with Crippen LogP contribution in [0.1, 0.15) is 88.2 Å². The quantitative estimate of drug-likeness (QED) is 0.0982. The van der Waals surface area contributed by atoms with E-state index in [0.717, 1.165) is 71.0 Å². The first kappa shape index (κ1) is 40.2. The molecule has 2 aromatic heterocycles. The third-order valence-corrected chi connectivity index (χ3v) is 12.2. The van der Waals surface area contributed by atoms with Crippen LogP contribution in [0, 0.1) is 23.7 Å². The summed E-state index contributed by atoms with van der Waals surface area (Å²) in [5, 5.41) is 5.35. The van der Waals surface area contributed by atoms with E-state index in [4.69, 9.17) is 4.74 Å². The Hall–Kier alpha value is -5.47. The summed E-state index contributed by atoms with van der Waals surface area (Å²) in [7, 11) is 2.78. The number of hydrogen-bond donors (Lipinski definition) is 4. The summed E-state index contributed by atoms with van der Waals surface area (Å²) in [5.41, 5.74) is 4.93. The fourth-order valence-corrected chi connectivity index (χ4v) is 8.38. The zero-order chi connectivity index (χ0) is 39.9. The van der Waals surface area contributed by atoms with Crippen molar-refractivity contribution in [2.45, 2.75) is 77.2 Å². The van der Waals surface area contributed by atoms with E-state index < -0.39 is 12.1 Å². The summed E-state index contributed by atoms with van der Waals surface area (Å²) in [6.45, 7) is 9.03. The van der Waals surface area contributed by atoms with Gasteiger partial charge in [0.25, 0.3) is 0 Å². The molecular formula is C42H51N8O5P. The molecule has 14 heteroatoms. The lowest BCUT2D eigenvalue weighted by Gasteiger charge is -2.30. The van der Waals surface area contributed by atoms with Gasteiger partial charge in [0.1, 0.15) is 17.7 Å². The molecule has 56 heavy (non-hydrogen) atoms. The number of hydrogen-bond acceptors (Lipinski definition) is 7. The topological polar surface area (TPSA) is 165 Å². The van der Waals surface area contributed by atoms with Gasteiger partial charge in [-0.15, -0.1) is 0 Å². The average molecular weight is 779 g/mol. The Morgan fingerprint density at radius 1 is 0.768 bits per heavy atom. The number of imidazole rings is 2. The molecule has 0 spiro atoms. The number of carbonyl (C=O) groups excluding carboxylic acids is 4. The fraction of sp³-hybridized carbons (Fsp3) is 0.429. The molecule has 0 saturated carbocycles. The monoisotopic (exact) mass is 778 g/mol. The number of carbonyl (C=O) groups is 4. The molecule has 2 aliphatic rings. The number of aromatic nitrogens is 4. The van der Waals surface area contributed by atoms with Crippen molar-refractivity contribution in [3.63, 3.8) is 0 Å². The number of amides is 4. The molecule has 2 aliphatic heterocycles. The van der Waals surface area contributed by atoms with E-state index in [1.165, 1.54) is 7.11 Å². The van der Waals surface area contributed by atoms with Crippen LogP contribution in [-0.4, -0.2) is 92.2 Å². The third kappa shape index (κ3) is 9.14. The lowest BCUT2D eigenvalue weighted by molar-refractivity contribution is -0.135. The number of nitrogens with zero attached hydrogens (tertiary/aromatic N) is 4. The average Bonchev–Trinajstić information content (AvgIpc) is 4.04. The number of rotatable bonds is 11. The van der Waals surface area contributed by atoms with Gasteiger partial charge in [-0.2, -0.15) is 0 Å². The largest absolute Gasteiger partial charge is 0.453 e. The standard InChI is InChI=1S/C42H51N8O5P/c1-25(2)35(48-41(53)55-6)39(51)49-21-7-9-33(49)37-44-23-31(46-37)29-17-13-27(14-18-29)11-12-28-15-19-30(20-16-28)32-24-45-38(47-32)34-10-8-22-50(34)40(52)36(26(3)4)56-42(54)43-5/h13-20,23-26,33-36,56H,7-10,21-22H2,1-6H3,(H,43,54)(H,44,46)(H,45,47)(H,48,53)/t33-,34-,35-,36-/m0/s1. The van der Waals surface area contributed by atoms with Gasteiger partial charge < -0.3 is 35.1 Å². The minimum atomic E-state index is -0.686. The van der Waals surface area contributed by atoms with Crippen molar-refractivity contribution in [2.24, 2.45) is 11.8 Å². The summed E-state index contributed by atoms with van der Waals surface area (Å²) in [6.07, 6.45) is 6.31. The second kappa shape index (κ2) is 18.0. The van der Waals surface area contributed by atoms with E-state index in [0.29, 0.717) is 13.1 Å². The molecular weight excluding hydrogens is 727 g/mol. The number of nitrogens with one attached hydrogen (secondary N) is 4.